The molecule has 0 bridgehead atoms. The Bertz CT molecular complexity index is 1110. The number of nitrogens with zero attached hydrogens (tertiary/aromatic N) is 5. The predicted molar refractivity (Wildman–Crippen MR) is 122 cm³/mol. The van der Waals surface area contributed by atoms with Gasteiger partial charge in [0.1, 0.15) is 5.75 Å². The fourth-order valence-electron chi connectivity index (χ4n) is 4.45. The van der Waals surface area contributed by atoms with Gasteiger partial charge in [0.2, 0.25) is 5.96 Å². The highest BCUT2D eigenvalue weighted by molar-refractivity contribution is 6.16. The van der Waals surface area contributed by atoms with Crippen LogP contribution in [0.25, 0.3) is 5.70 Å². The Kier molecular flexibility index (Phi) is 4.84. The molecule has 3 amide bonds. The molecule has 32 heavy (non-hydrogen) atoms. The number of rotatable bonds is 5. The summed E-state index contributed by atoms with van der Waals surface area (Å²) in [6, 6.07) is 16.9. The Balaban J connectivity index is 1.60. The van der Waals surface area contributed by atoms with E-state index < -0.39 is 12.2 Å². The first kappa shape index (κ1) is 20.1. The van der Waals surface area contributed by atoms with Gasteiger partial charge >= 0.3 is 6.03 Å². The van der Waals surface area contributed by atoms with E-state index in [1.807, 2.05) is 84.4 Å². The summed E-state index contributed by atoms with van der Waals surface area (Å²) < 4.78 is 5.59. The zero-order valence-electron chi connectivity index (χ0n) is 18.3. The summed E-state index contributed by atoms with van der Waals surface area (Å²) in [6.45, 7) is 4.68. The molecule has 3 heterocycles. The lowest BCUT2D eigenvalue weighted by Gasteiger charge is -2.39. The van der Waals surface area contributed by atoms with Gasteiger partial charge in [-0.1, -0.05) is 30.3 Å². The molecule has 3 aliphatic rings. The van der Waals surface area contributed by atoms with Gasteiger partial charge in [0.15, 0.2) is 12.2 Å². The van der Waals surface area contributed by atoms with Crippen molar-refractivity contribution in [3.8, 4) is 5.75 Å². The smallest absolute Gasteiger partial charge is 0.328 e. The Morgan fingerprint density at radius 2 is 1.72 bits per heavy atom. The van der Waals surface area contributed by atoms with Gasteiger partial charge in [-0.2, -0.15) is 0 Å². The number of benzene rings is 2. The molecule has 0 N–H and O–H groups in total. The number of likely N-dealkylation sites (N-methyl/N-ethyl adjacent to an activating group) is 2. The van der Waals surface area contributed by atoms with Crippen LogP contribution in [-0.2, 0) is 4.79 Å². The fourth-order valence-corrected chi connectivity index (χ4v) is 4.45. The SMILES string of the molecule is CCOc1ccc(N2C(c3ccccc3)=CN3C2=NC2C3C(=O)N(CC)C(=O)N2C)cc1. The summed E-state index contributed by atoms with van der Waals surface area (Å²) in [7, 11) is 1.70. The van der Waals surface area contributed by atoms with E-state index in [1.165, 1.54) is 4.90 Å². The van der Waals surface area contributed by atoms with E-state index in [0.717, 1.165) is 22.7 Å². The summed E-state index contributed by atoms with van der Waals surface area (Å²) >= 11 is 0. The highest BCUT2D eigenvalue weighted by atomic mass is 16.5. The molecule has 164 valence electrons. The third-order valence-electron chi connectivity index (χ3n) is 6.00. The van der Waals surface area contributed by atoms with Crippen LogP contribution in [0.4, 0.5) is 10.5 Å². The van der Waals surface area contributed by atoms with Gasteiger partial charge in [0.05, 0.1) is 12.3 Å². The van der Waals surface area contributed by atoms with Crippen LogP contribution in [0.2, 0.25) is 0 Å². The van der Waals surface area contributed by atoms with Crippen molar-refractivity contribution in [2.75, 3.05) is 25.1 Å². The fraction of sp³-hybridized carbons (Fsp3) is 0.292. The van der Waals surface area contributed by atoms with E-state index in [4.69, 9.17) is 9.73 Å². The molecule has 2 aromatic carbocycles. The van der Waals surface area contributed by atoms with Gasteiger partial charge < -0.3 is 9.64 Å². The van der Waals surface area contributed by atoms with Crippen LogP contribution in [0.15, 0.2) is 65.8 Å². The van der Waals surface area contributed by atoms with Crippen molar-refractivity contribution in [1.82, 2.24) is 14.7 Å². The lowest BCUT2D eigenvalue weighted by Crippen LogP contribution is -2.64. The summed E-state index contributed by atoms with van der Waals surface area (Å²) in [6.07, 6.45) is 1.40. The van der Waals surface area contributed by atoms with E-state index in [1.54, 1.807) is 11.9 Å². The van der Waals surface area contributed by atoms with Gasteiger partial charge in [-0.05, 0) is 38.1 Å². The lowest BCUT2D eigenvalue weighted by atomic mass is 10.1. The number of urea groups is 1. The van der Waals surface area contributed by atoms with Gasteiger partial charge in [0.25, 0.3) is 5.91 Å². The molecule has 0 spiro atoms. The molecule has 2 atom stereocenters. The van der Waals surface area contributed by atoms with E-state index in [2.05, 4.69) is 0 Å². The molecule has 0 aliphatic carbocycles. The summed E-state index contributed by atoms with van der Waals surface area (Å²) in [5.74, 6) is 1.20. The standard InChI is InChI=1S/C24H25N5O3/c1-4-27-22(30)20-21(26(3)24(27)31)25-23-28(20)15-19(16-9-7-6-8-10-16)29(23)17-11-13-18(14-12-17)32-5-2/h6-15,20-21H,4-5H2,1-3H3. The Morgan fingerprint density at radius 1 is 1.00 bits per heavy atom. The first-order valence-corrected chi connectivity index (χ1v) is 10.8. The molecule has 1 fully saturated rings. The van der Waals surface area contributed by atoms with Crippen molar-refractivity contribution >= 4 is 29.3 Å². The predicted octanol–water partition coefficient (Wildman–Crippen LogP) is 3.18. The average molecular weight is 431 g/mol. The first-order valence-electron chi connectivity index (χ1n) is 10.8. The summed E-state index contributed by atoms with van der Waals surface area (Å²) in [5, 5.41) is 0. The minimum atomic E-state index is -0.584. The normalized spacial score (nSPS) is 22.1. The highest BCUT2D eigenvalue weighted by Crippen LogP contribution is 2.40. The topological polar surface area (TPSA) is 68.7 Å². The highest BCUT2D eigenvalue weighted by Gasteiger charge is 2.54. The second kappa shape index (κ2) is 7.71. The second-order valence-electron chi connectivity index (χ2n) is 7.81. The van der Waals surface area contributed by atoms with Gasteiger partial charge in [0, 0.05) is 31.0 Å². The number of carbonyl (C=O) groups is 2. The Labute approximate surface area is 187 Å². The minimum Gasteiger partial charge on any atom is -0.494 e. The molecule has 0 radical (unpaired) electrons. The number of guanidine groups is 1. The minimum absolute atomic E-state index is 0.225. The molecule has 2 aromatic rings. The molecular weight excluding hydrogens is 406 g/mol. The van der Waals surface area contributed by atoms with E-state index in [-0.39, 0.29) is 11.9 Å². The third-order valence-corrected chi connectivity index (χ3v) is 6.00. The van der Waals surface area contributed by atoms with Crippen LogP contribution in [-0.4, -0.2) is 65.0 Å². The molecule has 0 aromatic heterocycles. The number of amides is 3. The van der Waals surface area contributed by atoms with Crippen LogP contribution >= 0.6 is 0 Å². The van der Waals surface area contributed by atoms with Crippen LogP contribution in [0.3, 0.4) is 0 Å². The van der Waals surface area contributed by atoms with Crippen molar-refractivity contribution in [3.63, 3.8) is 0 Å². The van der Waals surface area contributed by atoms with Crippen molar-refractivity contribution in [3.05, 3.63) is 66.4 Å². The number of imide groups is 1. The maximum absolute atomic E-state index is 13.2. The molecular formula is C24H25N5O3. The Hall–Kier alpha value is -3.81. The zero-order valence-corrected chi connectivity index (χ0v) is 18.3. The average Bonchev–Trinajstić information content (AvgIpc) is 3.36. The van der Waals surface area contributed by atoms with Gasteiger partial charge in [-0.3, -0.25) is 19.5 Å². The van der Waals surface area contributed by atoms with Crippen molar-refractivity contribution in [2.24, 2.45) is 4.99 Å². The number of ether oxygens (including phenoxy) is 1. The van der Waals surface area contributed by atoms with Gasteiger partial charge in [-0.15, -0.1) is 0 Å². The summed E-state index contributed by atoms with van der Waals surface area (Å²) in [5.41, 5.74) is 2.83. The number of aliphatic imine (C=N–C) groups is 1. The Morgan fingerprint density at radius 3 is 2.38 bits per heavy atom. The molecule has 5 rings (SSSR count). The monoisotopic (exact) mass is 431 g/mol. The van der Waals surface area contributed by atoms with Crippen LogP contribution in [0, 0.1) is 0 Å². The maximum Gasteiger partial charge on any atom is 0.328 e. The number of hydrogen-bond acceptors (Lipinski definition) is 6. The molecule has 8 heteroatoms. The van der Waals surface area contributed by atoms with Crippen molar-refractivity contribution in [1.29, 1.82) is 0 Å². The van der Waals surface area contributed by atoms with Crippen LogP contribution in [0.5, 0.6) is 5.75 Å². The van der Waals surface area contributed by atoms with Crippen molar-refractivity contribution < 1.29 is 14.3 Å². The lowest BCUT2D eigenvalue weighted by molar-refractivity contribution is -0.136. The maximum atomic E-state index is 13.2. The number of hydrogen-bond donors (Lipinski definition) is 0. The van der Waals surface area contributed by atoms with Crippen LogP contribution < -0.4 is 9.64 Å². The van der Waals surface area contributed by atoms with Gasteiger partial charge in [-0.25, -0.2) is 9.79 Å². The number of anilines is 1. The third kappa shape index (κ3) is 2.94. The quantitative estimate of drug-likeness (QED) is 0.727. The molecule has 1 saturated heterocycles. The molecule has 3 aliphatic heterocycles. The largest absolute Gasteiger partial charge is 0.494 e. The number of fused-ring (bicyclic) bond motifs is 3. The van der Waals surface area contributed by atoms with E-state index >= 15 is 0 Å². The number of carbonyl (C=O) groups excluding carboxylic acids is 2. The molecule has 0 saturated carbocycles. The van der Waals surface area contributed by atoms with Crippen LogP contribution in [0.1, 0.15) is 19.4 Å². The second-order valence-corrected chi connectivity index (χ2v) is 7.81. The van der Waals surface area contributed by atoms with E-state index in [9.17, 15) is 9.59 Å². The van der Waals surface area contributed by atoms with E-state index in [0.29, 0.717) is 19.1 Å². The van der Waals surface area contributed by atoms with Crippen molar-refractivity contribution in [2.45, 2.75) is 26.1 Å². The zero-order chi connectivity index (χ0) is 22.4. The first-order chi connectivity index (χ1) is 15.5. The summed E-state index contributed by atoms with van der Waals surface area (Å²) in [4.78, 5) is 37.5. The molecule has 8 nitrogen and oxygen atoms in total. The molecule has 2 unspecified atom stereocenters.